The van der Waals surface area contributed by atoms with Gasteiger partial charge in [-0.3, -0.25) is 14.9 Å². The van der Waals surface area contributed by atoms with E-state index in [0.29, 0.717) is 48.6 Å². The van der Waals surface area contributed by atoms with Gasteiger partial charge in [0.05, 0.1) is 30.7 Å². The van der Waals surface area contributed by atoms with E-state index in [9.17, 15) is 9.59 Å². The molecule has 2 amide bonds. The van der Waals surface area contributed by atoms with Gasteiger partial charge < -0.3 is 25.0 Å². The van der Waals surface area contributed by atoms with E-state index in [1.807, 2.05) is 12.1 Å². The summed E-state index contributed by atoms with van der Waals surface area (Å²) in [7, 11) is 1.61. The molecule has 0 spiro atoms. The topological polar surface area (TPSA) is 118 Å². The molecule has 0 saturated carbocycles. The monoisotopic (exact) mass is 470 g/mol. The number of amides is 2. The molecule has 0 aliphatic carbocycles. The predicted molar refractivity (Wildman–Crippen MR) is 129 cm³/mol. The quantitative estimate of drug-likeness (QED) is 0.430. The maximum atomic E-state index is 12.9. The first kappa shape index (κ1) is 22.7. The van der Waals surface area contributed by atoms with E-state index < -0.39 is 0 Å². The molecule has 0 bridgehead atoms. The lowest BCUT2D eigenvalue weighted by Gasteiger charge is -2.29. The van der Waals surface area contributed by atoms with Crippen molar-refractivity contribution >= 4 is 50.0 Å². The zero-order valence-electron chi connectivity index (χ0n) is 18.5. The van der Waals surface area contributed by atoms with Crippen molar-refractivity contribution in [1.82, 2.24) is 15.3 Å². The maximum Gasteiger partial charge on any atom is 0.257 e. The van der Waals surface area contributed by atoms with E-state index in [1.54, 1.807) is 25.4 Å². The third-order valence-electron chi connectivity index (χ3n) is 5.11. The summed E-state index contributed by atoms with van der Waals surface area (Å²) >= 11 is 1.42. The Morgan fingerprint density at radius 1 is 1.21 bits per heavy atom. The zero-order valence-corrected chi connectivity index (χ0v) is 19.3. The largest absolute Gasteiger partial charge is 0.494 e. The van der Waals surface area contributed by atoms with Crippen molar-refractivity contribution < 1.29 is 19.1 Å². The van der Waals surface area contributed by atoms with Crippen LogP contribution in [-0.2, 0) is 9.53 Å². The van der Waals surface area contributed by atoms with Crippen molar-refractivity contribution in [3.63, 3.8) is 0 Å². The first-order valence-electron chi connectivity index (χ1n) is 10.6. The summed E-state index contributed by atoms with van der Waals surface area (Å²) < 4.78 is 11.9. The SMILES string of the molecule is COc1ccc(N2CCOCC2)c2sc(NC(=O)c3ccnc(NCCNC(C)=O)c3)nc12. The number of anilines is 3. The summed E-state index contributed by atoms with van der Waals surface area (Å²) in [6.45, 7) is 5.39. The van der Waals surface area contributed by atoms with Crippen molar-refractivity contribution in [2.75, 3.05) is 62.0 Å². The lowest BCUT2D eigenvalue weighted by Crippen LogP contribution is -2.36. The summed E-state index contributed by atoms with van der Waals surface area (Å²) in [6.07, 6.45) is 1.56. The van der Waals surface area contributed by atoms with Crippen LogP contribution in [-0.4, -0.2) is 68.3 Å². The molecule has 3 N–H and O–H groups in total. The van der Waals surface area contributed by atoms with E-state index in [2.05, 4.69) is 30.8 Å². The van der Waals surface area contributed by atoms with Crippen LogP contribution < -0.4 is 25.6 Å². The van der Waals surface area contributed by atoms with Gasteiger partial charge in [-0.25, -0.2) is 9.97 Å². The van der Waals surface area contributed by atoms with Crippen molar-refractivity contribution in [3.8, 4) is 5.75 Å². The number of ether oxygens (including phenoxy) is 2. The molecule has 1 fully saturated rings. The fourth-order valence-corrected chi connectivity index (χ4v) is 4.53. The highest BCUT2D eigenvalue weighted by molar-refractivity contribution is 7.23. The highest BCUT2D eigenvalue weighted by atomic mass is 32.1. The lowest BCUT2D eigenvalue weighted by molar-refractivity contribution is -0.118. The number of hydrogen-bond acceptors (Lipinski definition) is 9. The van der Waals surface area contributed by atoms with Crippen LogP contribution in [0.1, 0.15) is 17.3 Å². The van der Waals surface area contributed by atoms with Crippen LogP contribution >= 0.6 is 11.3 Å². The van der Waals surface area contributed by atoms with Crippen molar-refractivity contribution in [3.05, 3.63) is 36.0 Å². The predicted octanol–water partition coefficient (Wildman–Crippen LogP) is 2.34. The first-order chi connectivity index (χ1) is 16.0. The van der Waals surface area contributed by atoms with E-state index in [-0.39, 0.29) is 11.8 Å². The average molecular weight is 471 g/mol. The first-order valence-corrected chi connectivity index (χ1v) is 11.4. The van der Waals surface area contributed by atoms with Crippen LogP contribution in [0.4, 0.5) is 16.6 Å². The number of nitrogens with one attached hydrogen (secondary N) is 3. The van der Waals surface area contributed by atoms with Gasteiger partial charge in [-0.1, -0.05) is 11.3 Å². The Balaban J connectivity index is 1.51. The van der Waals surface area contributed by atoms with Gasteiger partial charge in [-0.05, 0) is 24.3 Å². The highest BCUT2D eigenvalue weighted by Crippen LogP contribution is 2.39. The fourth-order valence-electron chi connectivity index (χ4n) is 3.51. The molecule has 3 heterocycles. The van der Waals surface area contributed by atoms with Gasteiger partial charge >= 0.3 is 0 Å². The third kappa shape index (κ3) is 5.49. The molecule has 0 unspecified atom stereocenters. The molecule has 33 heavy (non-hydrogen) atoms. The van der Waals surface area contributed by atoms with Crippen LogP contribution in [0.3, 0.4) is 0 Å². The van der Waals surface area contributed by atoms with E-state index in [4.69, 9.17) is 9.47 Å². The summed E-state index contributed by atoms with van der Waals surface area (Å²) in [5.74, 6) is 0.831. The lowest BCUT2D eigenvalue weighted by atomic mass is 10.2. The molecule has 3 aromatic rings. The number of morpholine rings is 1. The molecule has 10 nitrogen and oxygen atoms in total. The van der Waals surface area contributed by atoms with Crippen LogP contribution in [0.15, 0.2) is 30.5 Å². The Kier molecular flexibility index (Phi) is 7.20. The van der Waals surface area contributed by atoms with Crippen LogP contribution in [0, 0.1) is 0 Å². The zero-order chi connectivity index (χ0) is 23.2. The van der Waals surface area contributed by atoms with E-state index >= 15 is 0 Å². The molecule has 0 radical (unpaired) electrons. The van der Waals surface area contributed by atoms with Gasteiger partial charge in [-0.2, -0.15) is 0 Å². The second kappa shape index (κ2) is 10.5. The number of nitrogens with zero attached hydrogens (tertiary/aromatic N) is 3. The molecule has 174 valence electrons. The summed E-state index contributed by atoms with van der Waals surface area (Å²) in [5, 5.41) is 9.18. The Morgan fingerprint density at radius 2 is 2.03 bits per heavy atom. The van der Waals surface area contributed by atoms with Crippen LogP contribution in [0.5, 0.6) is 5.75 Å². The van der Waals surface area contributed by atoms with Gasteiger partial charge in [-0.15, -0.1) is 0 Å². The molecule has 2 aromatic heterocycles. The number of hydrogen-bond donors (Lipinski definition) is 3. The van der Waals surface area contributed by atoms with Crippen molar-refractivity contribution in [2.24, 2.45) is 0 Å². The maximum absolute atomic E-state index is 12.9. The number of fused-ring (bicyclic) bond motifs is 1. The second-order valence-electron chi connectivity index (χ2n) is 7.38. The van der Waals surface area contributed by atoms with Gasteiger partial charge in [0.2, 0.25) is 5.91 Å². The molecule has 1 saturated heterocycles. The van der Waals surface area contributed by atoms with Gasteiger partial charge in [0.1, 0.15) is 17.1 Å². The van der Waals surface area contributed by atoms with Gasteiger partial charge in [0.15, 0.2) is 5.13 Å². The number of carbonyl (C=O) groups excluding carboxylic acids is 2. The summed E-state index contributed by atoms with van der Waals surface area (Å²) in [4.78, 5) is 35.0. The minimum atomic E-state index is -0.284. The van der Waals surface area contributed by atoms with Crippen LogP contribution in [0.2, 0.25) is 0 Å². The molecule has 4 rings (SSSR count). The molecule has 11 heteroatoms. The third-order valence-corrected chi connectivity index (χ3v) is 6.10. The molecule has 1 aromatic carbocycles. The average Bonchev–Trinajstić information content (AvgIpc) is 3.25. The Morgan fingerprint density at radius 3 is 2.79 bits per heavy atom. The number of rotatable bonds is 8. The number of methoxy groups -OCH3 is 1. The van der Waals surface area contributed by atoms with Crippen molar-refractivity contribution in [1.29, 1.82) is 0 Å². The molecule has 1 aliphatic heterocycles. The standard InChI is InChI=1S/C22H26N6O4S/c1-14(29)23-7-8-25-18-13-15(5-6-24-18)21(30)27-22-26-19-17(31-2)4-3-16(20(19)33-22)28-9-11-32-12-10-28/h3-6,13H,7-12H2,1-2H3,(H,23,29)(H,24,25)(H,26,27,30). The van der Waals surface area contributed by atoms with E-state index in [0.717, 1.165) is 29.0 Å². The van der Waals surface area contributed by atoms with E-state index in [1.165, 1.54) is 18.3 Å². The number of thiazole rings is 1. The normalized spacial score (nSPS) is 13.6. The van der Waals surface area contributed by atoms with Crippen LogP contribution in [0.25, 0.3) is 10.2 Å². The smallest absolute Gasteiger partial charge is 0.257 e. The minimum absolute atomic E-state index is 0.0952. The van der Waals surface area contributed by atoms with Gasteiger partial charge in [0.25, 0.3) is 5.91 Å². The molecule has 1 aliphatic rings. The number of carbonyl (C=O) groups is 2. The Bertz CT molecular complexity index is 1150. The molecular formula is C22H26N6O4S. The molecular weight excluding hydrogens is 444 g/mol. The Hall–Kier alpha value is -3.44. The summed E-state index contributed by atoms with van der Waals surface area (Å²) in [6, 6.07) is 7.23. The minimum Gasteiger partial charge on any atom is -0.494 e. The fraction of sp³-hybridized carbons (Fsp3) is 0.364. The Labute approximate surface area is 195 Å². The number of benzene rings is 1. The second-order valence-corrected chi connectivity index (χ2v) is 8.38. The number of aromatic nitrogens is 2. The number of pyridine rings is 1. The summed E-state index contributed by atoms with van der Waals surface area (Å²) in [5.41, 5.74) is 2.23. The highest BCUT2D eigenvalue weighted by Gasteiger charge is 2.20. The van der Waals surface area contributed by atoms with Crippen molar-refractivity contribution in [2.45, 2.75) is 6.92 Å². The van der Waals surface area contributed by atoms with Gasteiger partial charge in [0, 0.05) is 44.9 Å². The molecule has 0 atom stereocenters.